The van der Waals surface area contributed by atoms with E-state index in [9.17, 15) is 4.79 Å². The Balaban J connectivity index is 2.15. The third-order valence-corrected chi connectivity index (χ3v) is 2.29. The molecule has 0 atom stereocenters. The molecular formula is C11H13N5O. The summed E-state index contributed by atoms with van der Waals surface area (Å²) in [7, 11) is 1.57. The van der Waals surface area contributed by atoms with Crippen LogP contribution in [0.4, 0.5) is 4.79 Å². The van der Waals surface area contributed by atoms with Crippen LogP contribution in [0.25, 0.3) is 5.69 Å². The molecular weight excluding hydrogens is 218 g/mol. The number of nitrogens with zero attached hydrogens (tertiary/aromatic N) is 3. The van der Waals surface area contributed by atoms with E-state index in [2.05, 4.69) is 20.8 Å². The number of carbonyl (C=O) groups excluding carboxylic acids is 1. The fourth-order valence-electron chi connectivity index (χ4n) is 1.43. The average molecular weight is 231 g/mol. The van der Waals surface area contributed by atoms with E-state index in [1.165, 1.54) is 0 Å². The fraction of sp³-hybridized carbons (Fsp3) is 0.182. The van der Waals surface area contributed by atoms with Crippen molar-refractivity contribution in [3.05, 3.63) is 42.5 Å². The predicted octanol–water partition coefficient (Wildman–Crippen LogP) is 0.696. The average Bonchev–Trinajstić information content (AvgIpc) is 2.85. The van der Waals surface area contributed by atoms with Crippen LogP contribution in [-0.4, -0.2) is 27.8 Å². The molecule has 6 heteroatoms. The minimum atomic E-state index is -0.243. The van der Waals surface area contributed by atoms with Crippen molar-refractivity contribution in [1.82, 2.24) is 25.4 Å². The van der Waals surface area contributed by atoms with Crippen LogP contribution in [0.1, 0.15) is 5.82 Å². The van der Waals surface area contributed by atoms with Crippen LogP contribution in [0.2, 0.25) is 0 Å². The van der Waals surface area contributed by atoms with Gasteiger partial charge in [0, 0.05) is 12.7 Å². The molecule has 88 valence electrons. The van der Waals surface area contributed by atoms with Gasteiger partial charge in [-0.15, -0.1) is 10.2 Å². The molecule has 17 heavy (non-hydrogen) atoms. The van der Waals surface area contributed by atoms with E-state index in [1.807, 2.05) is 34.9 Å². The largest absolute Gasteiger partial charge is 0.341 e. The third-order valence-electron chi connectivity index (χ3n) is 2.29. The van der Waals surface area contributed by atoms with E-state index in [1.54, 1.807) is 13.4 Å². The van der Waals surface area contributed by atoms with Gasteiger partial charge >= 0.3 is 6.03 Å². The highest BCUT2D eigenvalue weighted by atomic mass is 16.2. The Morgan fingerprint density at radius 1 is 1.35 bits per heavy atom. The van der Waals surface area contributed by atoms with Gasteiger partial charge in [0.25, 0.3) is 0 Å². The third kappa shape index (κ3) is 2.60. The maximum absolute atomic E-state index is 11.1. The lowest BCUT2D eigenvalue weighted by Crippen LogP contribution is -2.32. The first-order chi connectivity index (χ1) is 8.31. The Bertz CT molecular complexity index is 494. The van der Waals surface area contributed by atoms with Crippen molar-refractivity contribution in [1.29, 1.82) is 0 Å². The van der Waals surface area contributed by atoms with Crippen molar-refractivity contribution in [2.24, 2.45) is 0 Å². The molecule has 0 radical (unpaired) electrons. The highest BCUT2D eigenvalue weighted by Crippen LogP contribution is 2.08. The topological polar surface area (TPSA) is 71.8 Å². The van der Waals surface area contributed by atoms with Crippen molar-refractivity contribution in [3.8, 4) is 5.69 Å². The van der Waals surface area contributed by atoms with Crippen LogP contribution in [0.5, 0.6) is 0 Å². The SMILES string of the molecule is CNC(=O)NCc1nncn1-c1ccccc1. The first-order valence-electron chi connectivity index (χ1n) is 5.21. The molecule has 2 aromatic rings. The molecule has 0 unspecified atom stereocenters. The second kappa shape index (κ2) is 5.11. The van der Waals surface area contributed by atoms with Crippen LogP contribution >= 0.6 is 0 Å². The summed E-state index contributed by atoms with van der Waals surface area (Å²) >= 11 is 0. The van der Waals surface area contributed by atoms with Gasteiger partial charge in [0.2, 0.25) is 0 Å². The molecule has 0 bridgehead atoms. The Morgan fingerprint density at radius 3 is 2.82 bits per heavy atom. The van der Waals surface area contributed by atoms with Gasteiger partial charge in [0.1, 0.15) is 6.33 Å². The van der Waals surface area contributed by atoms with Gasteiger partial charge in [0.15, 0.2) is 5.82 Å². The first kappa shape index (κ1) is 11.1. The molecule has 2 N–H and O–H groups in total. The minimum absolute atomic E-state index is 0.243. The standard InChI is InChI=1S/C11H13N5O/c1-12-11(17)13-7-10-15-14-8-16(10)9-5-3-2-4-6-9/h2-6,8H,7H2,1H3,(H2,12,13,17). The number of amides is 2. The van der Waals surface area contributed by atoms with Crippen LogP contribution < -0.4 is 10.6 Å². The van der Waals surface area contributed by atoms with Gasteiger partial charge in [-0.25, -0.2) is 4.79 Å². The van der Waals surface area contributed by atoms with E-state index in [0.29, 0.717) is 12.4 Å². The molecule has 1 heterocycles. The van der Waals surface area contributed by atoms with Gasteiger partial charge in [-0.05, 0) is 12.1 Å². The predicted molar refractivity (Wildman–Crippen MR) is 62.7 cm³/mol. The highest BCUT2D eigenvalue weighted by Gasteiger charge is 2.06. The number of aromatic nitrogens is 3. The number of hydrogen-bond donors (Lipinski definition) is 2. The molecule has 6 nitrogen and oxygen atoms in total. The second-order valence-corrected chi connectivity index (χ2v) is 3.39. The van der Waals surface area contributed by atoms with Crippen LogP contribution in [0.3, 0.4) is 0 Å². The van der Waals surface area contributed by atoms with Crippen LogP contribution in [-0.2, 0) is 6.54 Å². The zero-order valence-electron chi connectivity index (χ0n) is 9.42. The Labute approximate surface area is 98.7 Å². The maximum Gasteiger partial charge on any atom is 0.314 e. The monoisotopic (exact) mass is 231 g/mol. The lowest BCUT2D eigenvalue weighted by molar-refractivity contribution is 0.242. The van der Waals surface area contributed by atoms with Gasteiger partial charge in [-0.3, -0.25) is 4.57 Å². The molecule has 1 aromatic heterocycles. The van der Waals surface area contributed by atoms with Crippen molar-refractivity contribution >= 4 is 6.03 Å². The molecule has 0 spiro atoms. The van der Waals surface area contributed by atoms with Gasteiger partial charge in [-0.1, -0.05) is 18.2 Å². The summed E-state index contributed by atoms with van der Waals surface area (Å²) in [6, 6.07) is 9.47. The van der Waals surface area contributed by atoms with Crippen molar-refractivity contribution in [2.75, 3.05) is 7.05 Å². The molecule has 1 aromatic carbocycles. The maximum atomic E-state index is 11.1. The summed E-state index contributed by atoms with van der Waals surface area (Å²) in [5.41, 5.74) is 0.964. The zero-order valence-corrected chi connectivity index (χ0v) is 9.42. The quantitative estimate of drug-likeness (QED) is 0.816. The summed E-state index contributed by atoms with van der Waals surface area (Å²) < 4.78 is 1.83. The highest BCUT2D eigenvalue weighted by molar-refractivity contribution is 5.73. The van der Waals surface area contributed by atoms with E-state index < -0.39 is 0 Å². The summed E-state index contributed by atoms with van der Waals surface area (Å²) in [6.45, 7) is 0.328. The minimum Gasteiger partial charge on any atom is -0.341 e. The first-order valence-corrected chi connectivity index (χ1v) is 5.21. The molecule has 0 aliphatic heterocycles. The Kier molecular flexibility index (Phi) is 3.34. The number of urea groups is 1. The summed E-state index contributed by atoms with van der Waals surface area (Å²) in [6.07, 6.45) is 1.62. The van der Waals surface area contributed by atoms with Crippen LogP contribution in [0.15, 0.2) is 36.7 Å². The van der Waals surface area contributed by atoms with Gasteiger partial charge in [0.05, 0.1) is 6.54 Å². The fourth-order valence-corrected chi connectivity index (χ4v) is 1.43. The number of benzene rings is 1. The molecule has 2 rings (SSSR count). The molecule has 2 amide bonds. The van der Waals surface area contributed by atoms with Crippen molar-refractivity contribution in [2.45, 2.75) is 6.54 Å². The molecule has 0 saturated heterocycles. The normalized spacial score (nSPS) is 9.94. The van der Waals surface area contributed by atoms with E-state index >= 15 is 0 Å². The van der Waals surface area contributed by atoms with E-state index in [-0.39, 0.29) is 6.03 Å². The second-order valence-electron chi connectivity index (χ2n) is 3.39. The number of para-hydroxylation sites is 1. The lowest BCUT2D eigenvalue weighted by atomic mass is 10.3. The van der Waals surface area contributed by atoms with Crippen molar-refractivity contribution < 1.29 is 4.79 Å². The van der Waals surface area contributed by atoms with Crippen LogP contribution in [0, 0.1) is 0 Å². The van der Waals surface area contributed by atoms with E-state index in [0.717, 1.165) is 5.69 Å². The van der Waals surface area contributed by atoms with Gasteiger partial charge < -0.3 is 10.6 Å². The number of nitrogens with one attached hydrogen (secondary N) is 2. The number of rotatable bonds is 3. The summed E-state index contributed by atoms with van der Waals surface area (Å²) in [4.78, 5) is 11.1. The number of hydrogen-bond acceptors (Lipinski definition) is 3. The van der Waals surface area contributed by atoms with Gasteiger partial charge in [-0.2, -0.15) is 0 Å². The zero-order chi connectivity index (χ0) is 12.1. The molecule has 0 saturated carbocycles. The molecule has 0 fully saturated rings. The molecule has 0 aliphatic rings. The Morgan fingerprint density at radius 2 is 2.12 bits per heavy atom. The number of carbonyl (C=O) groups is 1. The molecule has 0 aliphatic carbocycles. The smallest absolute Gasteiger partial charge is 0.314 e. The Hall–Kier alpha value is -2.37. The summed E-state index contributed by atoms with van der Waals surface area (Å²) in [5.74, 6) is 0.680. The lowest BCUT2D eigenvalue weighted by Gasteiger charge is -2.07. The van der Waals surface area contributed by atoms with E-state index in [4.69, 9.17) is 0 Å². The van der Waals surface area contributed by atoms with Crippen molar-refractivity contribution in [3.63, 3.8) is 0 Å². The summed E-state index contributed by atoms with van der Waals surface area (Å²) in [5, 5.41) is 13.0.